The molecule has 134 valence electrons. The zero-order valence-electron chi connectivity index (χ0n) is 15.1. The molecule has 6 nitrogen and oxygen atoms in total. The molecule has 1 aliphatic rings. The Morgan fingerprint density at radius 3 is 2.75 bits per heavy atom. The van der Waals surface area contributed by atoms with Crippen LogP contribution in [0.1, 0.15) is 33.3 Å². The lowest BCUT2D eigenvalue weighted by molar-refractivity contribution is -0.156. The van der Waals surface area contributed by atoms with Gasteiger partial charge in [0, 0.05) is 32.2 Å². The Kier molecular flexibility index (Phi) is 6.21. The average molecular weight is 335 g/mol. The van der Waals surface area contributed by atoms with E-state index >= 15 is 0 Å². The number of piperazine rings is 1. The van der Waals surface area contributed by atoms with Crippen LogP contribution in [0.2, 0.25) is 0 Å². The van der Waals surface area contributed by atoms with Crippen molar-refractivity contribution in [2.75, 3.05) is 31.7 Å². The lowest BCUT2D eigenvalue weighted by Gasteiger charge is -2.39. The van der Waals surface area contributed by atoms with Gasteiger partial charge in [0.2, 0.25) is 0 Å². The van der Waals surface area contributed by atoms with Gasteiger partial charge in [0.05, 0.1) is 12.2 Å². The van der Waals surface area contributed by atoms with Crippen LogP contribution in [-0.4, -0.2) is 58.8 Å². The van der Waals surface area contributed by atoms with Crippen molar-refractivity contribution in [3.63, 3.8) is 0 Å². The predicted octanol–water partition coefficient (Wildman–Crippen LogP) is 2.34. The quantitative estimate of drug-likeness (QED) is 0.636. The molecule has 0 amide bonds. The number of carbonyl (C=O) groups is 1. The Labute approximate surface area is 144 Å². The summed E-state index contributed by atoms with van der Waals surface area (Å²) in [7, 11) is 0. The van der Waals surface area contributed by atoms with Gasteiger partial charge in [-0.3, -0.25) is 25.3 Å². The van der Waals surface area contributed by atoms with E-state index in [0.717, 1.165) is 31.7 Å². The molecule has 1 aromatic carbocycles. The smallest absolute Gasteiger partial charge is 0.320 e. The van der Waals surface area contributed by atoms with E-state index in [1.165, 1.54) is 0 Å². The fourth-order valence-corrected chi connectivity index (χ4v) is 2.98. The molecule has 1 heterocycles. The van der Waals surface area contributed by atoms with E-state index in [-0.39, 0.29) is 5.97 Å². The molecule has 1 unspecified atom stereocenters. The molecule has 0 saturated carbocycles. The fraction of sp³-hybridized carbons (Fsp3) is 0.611. The maximum absolute atomic E-state index is 12.0. The largest absolute Gasteiger partial charge is 0.459 e. The molecular formula is C18H29N3O3. The van der Waals surface area contributed by atoms with Crippen molar-refractivity contribution < 1.29 is 14.7 Å². The van der Waals surface area contributed by atoms with Crippen LogP contribution in [-0.2, 0) is 16.1 Å². The van der Waals surface area contributed by atoms with E-state index in [9.17, 15) is 4.79 Å². The summed E-state index contributed by atoms with van der Waals surface area (Å²) in [6.07, 6.45) is 0. The molecule has 1 aromatic rings. The molecule has 0 bridgehead atoms. The third-order valence-corrected chi connectivity index (χ3v) is 4.06. The summed E-state index contributed by atoms with van der Waals surface area (Å²) in [6, 6.07) is 8.11. The summed E-state index contributed by atoms with van der Waals surface area (Å²) in [5, 5.41) is 9.01. The summed E-state index contributed by atoms with van der Waals surface area (Å²) < 4.78 is 5.40. The molecule has 24 heavy (non-hydrogen) atoms. The minimum Gasteiger partial charge on any atom is -0.459 e. The van der Waals surface area contributed by atoms with Crippen molar-refractivity contribution in [3.8, 4) is 0 Å². The van der Waals surface area contributed by atoms with Crippen LogP contribution in [0.15, 0.2) is 24.3 Å². The number of hydrogen-bond acceptors (Lipinski definition) is 6. The number of ether oxygens (including phenoxy) is 1. The highest BCUT2D eigenvalue weighted by Crippen LogP contribution is 2.17. The van der Waals surface area contributed by atoms with Gasteiger partial charge in [0.25, 0.3) is 0 Å². The maximum atomic E-state index is 12.0. The van der Waals surface area contributed by atoms with Gasteiger partial charge in [-0.05, 0) is 45.4 Å². The van der Waals surface area contributed by atoms with Crippen LogP contribution in [0, 0.1) is 0 Å². The number of hydrogen-bond donors (Lipinski definition) is 2. The molecule has 0 aromatic heterocycles. The number of carbonyl (C=O) groups excluding carboxylic acids is 1. The first-order valence-electron chi connectivity index (χ1n) is 8.44. The maximum Gasteiger partial charge on any atom is 0.320 e. The first-order valence-corrected chi connectivity index (χ1v) is 8.44. The molecule has 1 aliphatic heterocycles. The standard InChI is InChI=1S/C18H29N3O3/c1-14-11-20(13-17(22)24-18(2,3)4)8-9-21(14)12-15-6-5-7-16(10-15)19-23/h5-7,10,14,19,23H,8-9,11-13H2,1-4H3. The van der Waals surface area contributed by atoms with Crippen molar-refractivity contribution in [2.45, 2.75) is 45.9 Å². The van der Waals surface area contributed by atoms with E-state index in [2.05, 4.69) is 28.3 Å². The van der Waals surface area contributed by atoms with Crippen LogP contribution in [0.5, 0.6) is 0 Å². The normalized spacial score (nSPS) is 20.0. The van der Waals surface area contributed by atoms with Crippen LogP contribution in [0.3, 0.4) is 0 Å². The van der Waals surface area contributed by atoms with Crippen molar-refractivity contribution >= 4 is 11.7 Å². The van der Waals surface area contributed by atoms with Crippen molar-refractivity contribution in [1.29, 1.82) is 0 Å². The zero-order chi connectivity index (χ0) is 17.7. The molecule has 2 rings (SSSR count). The molecular weight excluding hydrogens is 306 g/mol. The van der Waals surface area contributed by atoms with Crippen LogP contribution in [0.4, 0.5) is 5.69 Å². The first-order chi connectivity index (χ1) is 11.3. The monoisotopic (exact) mass is 335 g/mol. The summed E-state index contributed by atoms with van der Waals surface area (Å²) in [4.78, 5) is 16.5. The summed E-state index contributed by atoms with van der Waals surface area (Å²) in [5.41, 5.74) is 3.60. The van der Waals surface area contributed by atoms with Gasteiger partial charge in [-0.15, -0.1) is 0 Å². The van der Waals surface area contributed by atoms with Gasteiger partial charge in [-0.1, -0.05) is 12.1 Å². The van der Waals surface area contributed by atoms with Crippen LogP contribution >= 0.6 is 0 Å². The Morgan fingerprint density at radius 1 is 1.38 bits per heavy atom. The van der Waals surface area contributed by atoms with E-state index in [1.807, 2.05) is 39.0 Å². The SMILES string of the molecule is CC1CN(CC(=O)OC(C)(C)C)CCN1Cc1cccc(NO)c1. The van der Waals surface area contributed by atoms with E-state index in [1.54, 1.807) is 0 Å². The van der Waals surface area contributed by atoms with Crippen molar-refractivity contribution in [2.24, 2.45) is 0 Å². The first kappa shape index (κ1) is 18.7. The molecule has 0 aliphatic carbocycles. The second-order valence-corrected chi connectivity index (χ2v) is 7.45. The molecule has 0 spiro atoms. The number of anilines is 1. The Bertz CT molecular complexity index is 557. The lowest BCUT2D eigenvalue weighted by Crippen LogP contribution is -2.52. The molecule has 2 N–H and O–H groups in total. The van der Waals surface area contributed by atoms with E-state index in [4.69, 9.17) is 9.94 Å². The van der Waals surface area contributed by atoms with Gasteiger partial charge in [-0.2, -0.15) is 0 Å². The third kappa shape index (κ3) is 5.78. The van der Waals surface area contributed by atoms with Crippen molar-refractivity contribution in [1.82, 2.24) is 9.80 Å². The van der Waals surface area contributed by atoms with Gasteiger partial charge in [0.1, 0.15) is 5.60 Å². The molecule has 1 atom stereocenters. The number of nitrogens with one attached hydrogen (secondary N) is 1. The minimum atomic E-state index is -0.434. The number of esters is 1. The highest BCUT2D eigenvalue weighted by atomic mass is 16.6. The topological polar surface area (TPSA) is 65.0 Å². The molecule has 0 radical (unpaired) electrons. The zero-order valence-corrected chi connectivity index (χ0v) is 15.1. The molecule has 1 fully saturated rings. The molecule has 6 heteroatoms. The second-order valence-electron chi connectivity index (χ2n) is 7.45. The van der Waals surface area contributed by atoms with E-state index in [0.29, 0.717) is 18.3 Å². The van der Waals surface area contributed by atoms with Gasteiger partial charge in [0.15, 0.2) is 0 Å². The van der Waals surface area contributed by atoms with Crippen LogP contribution in [0.25, 0.3) is 0 Å². The minimum absolute atomic E-state index is 0.162. The number of benzene rings is 1. The number of rotatable bonds is 5. The summed E-state index contributed by atoms with van der Waals surface area (Å²) >= 11 is 0. The van der Waals surface area contributed by atoms with Gasteiger partial charge < -0.3 is 4.74 Å². The summed E-state index contributed by atoms with van der Waals surface area (Å²) in [5.74, 6) is -0.162. The van der Waals surface area contributed by atoms with E-state index < -0.39 is 5.60 Å². The highest BCUT2D eigenvalue weighted by Gasteiger charge is 2.26. The van der Waals surface area contributed by atoms with Crippen molar-refractivity contribution in [3.05, 3.63) is 29.8 Å². The Morgan fingerprint density at radius 2 is 2.12 bits per heavy atom. The number of nitrogens with zero attached hydrogens (tertiary/aromatic N) is 2. The average Bonchev–Trinajstić information content (AvgIpc) is 2.48. The van der Waals surface area contributed by atoms with Crippen LogP contribution < -0.4 is 5.48 Å². The Hall–Kier alpha value is -1.63. The molecule has 1 saturated heterocycles. The van der Waals surface area contributed by atoms with Gasteiger partial charge in [-0.25, -0.2) is 0 Å². The second kappa shape index (κ2) is 7.96. The summed E-state index contributed by atoms with van der Waals surface area (Å²) in [6.45, 7) is 11.6. The Balaban J connectivity index is 1.85. The third-order valence-electron chi connectivity index (χ3n) is 4.06. The highest BCUT2D eigenvalue weighted by molar-refractivity contribution is 5.72. The lowest BCUT2D eigenvalue weighted by atomic mass is 10.1. The fourth-order valence-electron chi connectivity index (χ4n) is 2.98. The predicted molar refractivity (Wildman–Crippen MR) is 94.0 cm³/mol. The van der Waals surface area contributed by atoms with Gasteiger partial charge >= 0.3 is 5.97 Å².